The number of hydrogen-bond donors (Lipinski definition) is 0. The first-order chi connectivity index (χ1) is 6.20. The number of ether oxygens (including phenoxy) is 3. The average molecular weight is 187 g/mol. The van der Waals surface area contributed by atoms with Gasteiger partial charge in [0.15, 0.2) is 0 Å². The maximum atomic E-state index is 5.35. The highest BCUT2D eigenvalue weighted by Gasteiger charge is 2.07. The first-order valence-corrected chi connectivity index (χ1v) is 4.49. The van der Waals surface area contributed by atoms with Gasteiger partial charge in [0.2, 0.25) is 6.29 Å². The summed E-state index contributed by atoms with van der Waals surface area (Å²) in [6, 6.07) is 0. The molecule has 1 radical (unpaired) electrons. The molecule has 0 aromatic heterocycles. The predicted molar refractivity (Wildman–Crippen MR) is 52.1 cm³/mol. The van der Waals surface area contributed by atoms with E-state index in [0.717, 1.165) is 0 Å². The van der Waals surface area contributed by atoms with Crippen molar-refractivity contribution in [1.82, 2.24) is 0 Å². The Labute approximate surface area is 80.7 Å². The van der Waals surface area contributed by atoms with Crippen molar-refractivity contribution >= 4 is 0 Å². The zero-order valence-electron chi connectivity index (χ0n) is 8.49. The summed E-state index contributed by atoms with van der Waals surface area (Å²) >= 11 is 0. The van der Waals surface area contributed by atoms with Crippen LogP contribution in [0.3, 0.4) is 0 Å². The van der Waals surface area contributed by atoms with Gasteiger partial charge in [0.1, 0.15) is 0 Å². The van der Waals surface area contributed by atoms with Gasteiger partial charge < -0.3 is 14.2 Å². The summed E-state index contributed by atoms with van der Waals surface area (Å²) in [5.74, 6) is 0. The topological polar surface area (TPSA) is 27.7 Å². The van der Waals surface area contributed by atoms with Crippen molar-refractivity contribution in [3.63, 3.8) is 0 Å². The van der Waals surface area contributed by atoms with Crippen LogP contribution in [-0.2, 0) is 14.2 Å². The van der Waals surface area contributed by atoms with Crippen LogP contribution in [0, 0.1) is 6.92 Å². The van der Waals surface area contributed by atoms with E-state index in [2.05, 4.69) is 13.5 Å². The Morgan fingerprint density at radius 2 is 2.00 bits per heavy atom. The minimum Gasteiger partial charge on any atom is -0.473 e. The fourth-order valence-corrected chi connectivity index (χ4v) is 0.829. The van der Waals surface area contributed by atoms with Crippen molar-refractivity contribution < 1.29 is 14.2 Å². The number of rotatable bonds is 8. The van der Waals surface area contributed by atoms with Crippen LogP contribution in [0.1, 0.15) is 20.3 Å². The summed E-state index contributed by atoms with van der Waals surface area (Å²) in [5, 5.41) is 0. The Morgan fingerprint density at radius 1 is 1.31 bits per heavy atom. The molecule has 3 nitrogen and oxygen atoms in total. The maximum Gasteiger partial charge on any atom is 0.201 e. The fourth-order valence-electron chi connectivity index (χ4n) is 0.829. The third-order valence-electron chi connectivity index (χ3n) is 1.36. The van der Waals surface area contributed by atoms with E-state index < -0.39 is 0 Å². The zero-order valence-corrected chi connectivity index (χ0v) is 8.49. The van der Waals surface area contributed by atoms with Crippen LogP contribution in [0.4, 0.5) is 0 Å². The molecule has 0 saturated carbocycles. The van der Waals surface area contributed by atoms with Gasteiger partial charge in [-0.25, -0.2) is 0 Å². The van der Waals surface area contributed by atoms with Crippen LogP contribution in [0.15, 0.2) is 12.8 Å². The molecule has 0 rings (SSSR count). The third-order valence-corrected chi connectivity index (χ3v) is 1.36. The molecular weight excluding hydrogens is 168 g/mol. The Kier molecular flexibility index (Phi) is 7.74. The van der Waals surface area contributed by atoms with E-state index in [-0.39, 0.29) is 12.4 Å². The lowest BCUT2D eigenvalue weighted by atomic mass is 10.4. The highest BCUT2D eigenvalue weighted by molar-refractivity contribution is 4.55. The molecule has 0 fully saturated rings. The van der Waals surface area contributed by atoms with Crippen molar-refractivity contribution in [3.05, 3.63) is 19.8 Å². The predicted octanol–water partition coefficient (Wildman–Crippen LogP) is 2.14. The normalized spacial score (nSPS) is 12.9. The van der Waals surface area contributed by atoms with Gasteiger partial charge in [0, 0.05) is 6.42 Å². The van der Waals surface area contributed by atoms with Crippen molar-refractivity contribution in [1.29, 1.82) is 0 Å². The second-order valence-electron chi connectivity index (χ2n) is 2.81. The molecule has 0 aromatic carbocycles. The minimum absolute atomic E-state index is 0.240. The van der Waals surface area contributed by atoms with Crippen LogP contribution >= 0.6 is 0 Å². The molecule has 0 saturated heterocycles. The Bertz CT molecular complexity index is 123. The number of hydrogen-bond acceptors (Lipinski definition) is 3. The van der Waals surface area contributed by atoms with Crippen LogP contribution in [0.5, 0.6) is 0 Å². The summed E-state index contributed by atoms with van der Waals surface area (Å²) in [6.07, 6.45) is 2.02. The quantitative estimate of drug-likeness (QED) is 0.430. The largest absolute Gasteiger partial charge is 0.473 e. The molecule has 0 N–H and O–H groups in total. The molecule has 3 heteroatoms. The second kappa shape index (κ2) is 8.08. The van der Waals surface area contributed by atoms with Crippen LogP contribution in [0.25, 0.3) is 0 Å². The lowest BCUT2D eigenvalue weighted by Gasteiger charge is -2.16. The molecule has 13 heavy (non-hydrogen) atoms. The Balaban J connectivity index is 3.49. The van der Waals surface area contributed by atoms with Crippen molar-refractivity contribution in [2.24, 2.45) is 0 Å². The molecular formula is C10H19O3. The Hall–Kier alpha value is -0.540. The van der Waals surface area contributed by atoms with E-state index >= 15 is 0 Å². The molecule has 0 bridgehead atoms. The smallest absolute Gasteiger partial charge is 0.201 e. The standard InChI is InChI=1S/C10H19O3/c1-5-11-10(12-6-2)7-8-13-9(3)4/h5,9-10H,1-2,6-8H2,3-4H3. The van der Waals surface area contributed by atoms with E-state index in [9.17, 15) is 0 Å². The highest BCUT2D eigenvalue weighted by Crippen LogP contribution is 2.02. The molecule has 0 aromatic rings. The summed E-state index contributed by atoms with van der Waals surface area (Å²) in [5.41, 5.74) is 0. The van der Waals surface area contributed by atoms with E-state index in [1.165, 1.54) is 6.26 Å². The van der Waals surface area contributed by atoms with Gasteiger partial charge in [-0.05, 0) is 20.8 Å². The monoisotopic (exact) mass is 187 g/mol. The molecule has 0 heterocycles. The molecule has 1 atom stereocenters. The highest BCUT2D eigenvalue weighted by atomic mass is 16.7. The maximum absolute atomic E-state index is 5.35. The summed E-state index contributed by atoms with van der Waals surface area (Å²) in [4.78, 5) is 0. The van der Waals surface area contributed by atoms with E-state index in [0.29, 0.717) is 19.6 Å². The van der Waals surface area contributed by atoms with Gasteiger partial charge in [-0.2, -0.15) is 0 Å². The average Bonchev–Trinajstić information content (AvgIpc) is 2.04. The summed E-state index contributed by atoms with van der Waals surface area (Å²) < 4.78 is 15.6. The molecule has 1 unspecified atom stereocenters. The SMILES string of the molecule is [CH2]COC(CCOC(C)C)OC=C. The molecule has 0 aliphatic heterocycles. The molecule has 0 amide bonds. The second-order valence-corrected chi connectivity index (χ2v) is 2.81. The third kappa shape index (κ3) is 7.81. The molecule has 0 aliphatic carbocycles. The van der Waals surface area contributed by atoms with Crippen molar-refractivity contribution in [2.75, 3.05) is 13.2 Å². The van der Waals surface area contributed by atoms with Gasteiger partial charge in [-0.1, -0.05) is 6.58 Å². The minimum atomic E-state index is -0.284. The van der Waals surface area contributed by atoms with Gasteiger partial charge in [-0.3, -0.25) is 0 Å². The van der Waals surface area contributed by atoms with E-state index in [1.807, 2.05) is 13.8 Å². The van der Waals surface area contributed by atoms with Crippen LogP contribution in [-0.4, -0.2) is 25.6 Å². The first-order valence-electron chi connectivity index (χ1n) is 4.49. The Morgan fingerprint density at radius 3 is 2.46 bits per heavy atom. The zero-order chi connectivity index (χ0) is 10.1. The van der Waals surface area contributed by atoms with Gasteiger partial charge in [-0.15, -0.1) is 0 Å². The van der Waals surface area contributed by atoms with Crippen LogP contribution in [0.2, 0.25) is 0 Å². The molecule has 0 aliphatic rings. The lowest BCUT2D eigenvalue weighted by Crippen LogP contribution is -2.18. The van der Waals surface area contributed by atoms with Crippen molar-refractivity contribution in [3.8, 4) is 0 Å². The van der Waals surface area contributed by atoms with E-state index in [4.69, 9.17) is 14.2 Å². The molecule has 0 spiro atoms. The van der Waals surface area contributed by atoms with Gasteiger partial charge >= 0.3 is 0 Å². The van der Waals surface area contributed by atoms with Crippen LogP contribution < -0.4 is 0 Å². The first kappa shape index (κ1) is 12.5. The van der Waals surface area contributed by atoms with Gasteiger partial charge in [0.25, 0.3) is 0 Å². The summed E-state index contributed by atoms with van der Waals surface area (Å²) in [6.45, 7) is 12.0. The molecule has 77 valence electrons. The van der Waals surface area contributed by atoms with Crippen molar-refractivity contribution in [2.45, 2.75) is 32.7 Å². The fraction of sp³-hybridized carbons (Fsp3) is 0.700. The lowest BCUT2D eigenvalue weighted by molar-refractivity contribution is -0.113. The summed E-state index contributed by atoms with van der Waals surface area (Å²) in [7, 11) is 0. The van der Waals surface area contributed by atoms with Gasteiger partial charge in [0.05, 0.1) is 25.6 Å². The van der Waals surface area contributed by atoms with E-state index in [1.54, 1.807) is 0 Å².